The Morgan fingerprint density at radius 3 is 2.19 bits per heavy atom. The van der Waals surface area contributed by atoms with Crippen molar-refractivity contribution in [1.82, 2.24) is 0 Å². The lowest BCUT2D eigenvalue weighted by Crippen LogP contribution is -2.24. The largest absolute Gasteiger partial charge is 0.395 e. The average Bonchev–Trinajstić information content (AvgIpc) is 2.17. The van der Waals surface area contributed by atoms with Crippen molar-refractivity contribution in [3.8, 4) is 0 Å². The van der Waals surface area contributed by atoms with Crippen LogP contribution in [0.4, 0.5) is 0 Å². The van der Waals surface area contributed by atoms with Gasteiger partial charge < -0.3 is 10.8 Å². The minimum Gasteiger partial charge on any atom is -0.395 e. The number of carbonyl (C=O) groups excluding carboxylic acids is 1. The van der Waals surface area contributed by atoms with Crippen molar-refractivity contribution in [1.29, 1.82) is 0 Å². The van der Waals surface area contributed by atoms with Crippen LogP contribution in [0.3, 0.4) is 0 Å². The molecular weight excluding hydrogens is 230 g/mol. The first-order valence-corrected chi connectivity index (χ1v) is 6.45. The molecule has 1 aromatic carbocycles. The standard InChI is InChI=1S/C10H13NO4S/c1-16(14,15)8-4-2-7(3-5-8)9(6-12)10(11)13/h2-5,9,12H,6H2,1H3,(H2,11,13). The highest BCUT2D eigenvalue weighted by atomic mass is 32.2. The van der Waals surface area contributed by atoms with Crippen molar-refractivity contribution in [2.45, 2.75) is 10.8 Å². The number of hydrogen-bond acceptors (Lipinski definition) is 4. The summed E-state index contributed by atoms with van der Waals surface area (Å²) in [6, 6.07) is 5.72. The Balaban J connectivity index is 3.08. The first-order valence-electron chi connectivity index (χ1n) is 4.56. The van der Waals surface area contributed by atoms with Crippen LogP contribution in [0.2, 0.25) is 0 Å². The molecular formula is C10H13NO4S. The van der Waals surface area contributed by atoms with E-state index >= 15 is 0 Å². The van der Waals surface area contributed by atoms with Crippen molar-refractivity contribution < 1.29 is 18.3 Å². The molecule has 3 N–H and O–H groups in total. The number of benzene rings is 1. The number of amides is 1. The minimum atomic E-state index is -3.25. The summed E-state index contributed by atoms with van der Waals surface area (Å²) in [7, 11) is -3.25. The first-order chi connectivity index (χ1) is 7.36. The predicted octanol–water partition coefficient (Wildman–Crippen LogP) is -0.349. The number of sulfone groups is 1. The third kappa shape index (κ3) is 2.80. The molecule has 0 spiro atoms. The van der Waals surface area contributed by atoms with Gasteiger partial charge in [0.05, 0.1) is 17.4 Å². The van der Waals surface area contributed by atoms with E-state index in [-0.39, 0.29) is 4.90 Å². The van der Waals surface area contributed by atoms with Gasteiger partial charge in [0.25, 0.3) is 0 Å². The molecule has 0 saturated heterocycles. The van der Waals surface area contributed by atoms with Gasteiger partial charge in [0.15, 0.2) is 9.84 Å². The van der Waals surface area contributed by atoms with Gasteiger partial charge in [-0.1, -0.05) is 12.1 Å². The predicted molar refractivity (Wildman–Crippen MR) is 58.6 cm³/mol. The summed E-state index contributed by atoms with van der Waals surface area (Å²) in [5, 5.41) is 8.96. The zero-order valence-electron chi connectivity index (χ0n) is 8.75. The fraction of sp³-hybridized carbons (Fsp3) is 0.300. The van der Waals surface area contributed by atoms with Crippen LogP contribution in [-0.2, 0) is 14.6 Å². The Morgan fingerprint density at radius 2 is 1.88 bits per heavy atom. The van der Waals surface area contributed by atoms with Crippen LogP contribution in [0.1, 0.15) is 11.5 Å². The molecule has 1 amide bonds. The molecule has 0 bridgehead atoms. The maximum atomic E-state index is 11.2. The summed E-state index contributed by atoms with van der Waals surface area (Å²) in [6.07, 6.45) is 1.10. The second-order valence-electron chi connectivity index (χ2n) is 3.48. The van der Waals surface area contributed by atoms with Gasteiger partial charge in [-0.05, 0) is 17.7 Å². The molecule has 16 heavy (non-hydrogen) atoms. The van der Waals surface area contributed by atoms with Crippen LogP contribution in [0.15, 0.2) is 29.2 Å². The number of aliphatic hydroxyl groups excluding tert-OH is 1. The molecule has 1 atom stereocenters. The smallest absolute Gasteiger partial charge is 0.227 e. The molecule has 0 saturated carbocycles. The number of aliphatic hydroxyl groups is 1. The topological polar surface area (TPSA) is 97.5 Å². The van der Waals surface area contributed by atoms with Crippen LogP contribution in [0.5, 0.6) is 0 Å². The van der Waals surface area contributed by atoms with Crippen molar-refractivity contribution in [2.75, 3.05) is 12.9 Å². The molecule has 6 heteroatoms. The van der Waals surface area contributed by atoms with Gasteiger partial charge in [0, 0.05) is 6.26 Å². The first kappa shape index (κ1) is 12.7. The summed E-state index contributed by atoms with van der Waals surface area (Å²) < 4.78 is 22.4. The minimum absolute atomic E-state index is 0.164. The zero-order valence-corrected chi connectivity index (χ0v) is 9.57. The van der Waals surface area contributed by atoms with Gasteiger partial charge in [0.1, 0.15) is 0 Å². The summed E-state index contributed by atoms with van der Waals surface area (Å²) in [6.45, 7) is -0.395. The third-order valence-electron chi connectivity index (χ3n) is 2.24. The van der Waals surface area contributed by atoms with Gasteiger partial charge in [-0.15, -0.1) is 0 Å². The van der Waals surface area contributed by atoms with E-state index in [1.54, 1.807) is 0 Å². The normalized spacial score (nSPS) is 13.4. The fourth-order valence-electron chi connectivity index (χ4n) is 1.31. The molecule has 0 fully saturated rings. The van der Waals surface area contributed by atoms with Gasteiger partial charge in [-0.3, -0.25) is 4.79 Å². The Kier molecular flexibility index (Phi) is 3.66. The maximum absolute atomic E-state index is 11.2. The number of carbonyl (C=O) groups is 1. The van der Waals surface area contributed by atoms with E-state index in [9.17, 15) is 13.2 Å². The molecule has 5 nitrogen and oxygen atoms in total. The molecule has 0 aliphatic carbocycles. The van der Waals surface area contributed by atoms with Crippen LogP contribution >= 0.6 is 0 Å². The Morgan fingerprint density at radius 1 is 1.38 bits per heavy atom. The van der Waals surface area contributed by atoms with Crippen molar-refractivity contribution in [3.05, 3.63) is 29.8 Å². The molecule has 0 aliphatic rings. The Labute approximate surface area is 93.8 Å². The molecule has 1 aromatic rings. The quantitative estimate of drug-likeness (QED) is 0.755. The molecule has 0 heterocycles. The van der Waals surface area contributed by atoms with Crippen LogP contribution in [-0.4, -0.2) is 32.3 Å². The zero-order chi connectivity index (χ0) is 12.3. The van der Waals surface area contributed by atoms with Crippen molar-refractivity contribution in [3.63, 3.8) is 0 Å². The molecule has 1 unspecified atom stereocenters. The van der Waals surface area contributed by atoms with Crippen molar-refractivity contribution >= 4 is 15.7 Å². The van der Waals surface area contributed by atoms with Crippen LogP contribution in [0, 0.1) is 0 Å². The lowest BCUT2D eigenvalue weighted by atomic mass is 10.00. The van der Waals surface area contributed by atoms with Gasteiger partial charge >= 0.3 is 0 Å². The third-order valence-corrected chi connectivity index (χ3v) is 3.37. The van der Waals surface area contributed by atoms with E-state index in [0.29, 0.717) is 5.56 Å². The van der Waals surface area contributed by atoms with E-state index in [4.69, 9.17) is 10.8 Å². The Hall–Kier alpha value is -1.40. The molecule has 88 valence electrons. The Bertz CT molecular complexity index is 478. The lowest BCUT2D eigenvalue weighted by molar-refractivity contribution is -0.120. The van der Waals surface area contributed by atoms with E-state index in [2.05, 4.69) is 0 Å². The highest BCUT2D eigenvalue weighted by Gasteiger charge is 2.17. The van der Waals surface area contributed by atoms with E-state index in [1.165, 1.54) is 24.3 Å². The van der Waals surface area contributed by atoms with E-state index in [1.807, 2.05) is 0 Å². The number of rotatable bonds is 4. The fourth-order valence-corrected chi connectivity index (χ4v) is 1.94. The molecule has 0 aliphatic heterocycles. The summed E-state index contributed by atoms with van der Waals surface area (Å²) in [5.41, 5.74) is 5.59. The monoisotopic (exact) mass is 243 g/mol. The molecule has 1 rings (SSSR count). The van der Waals surface area contributed by atoms with E-state index < -0.39 is 28.3 Å². The second kappa shape index (κ2) is 4.63. The maximum Gasteiger partial charge on any atom is 0.227 e. The van der Waals surface area contributed by atoms with Crippen molar-refractivity contribution in [2.24, 2.45) is 5.73 Å². The second-order valence-corrected chi connectivity index (χ2v) is 5.49. The number of nitrogens with two attached hydrogens (primary N) is 1. The van der Waals surface area contributed by atoms with E-state index in [0.717, 1.165) is 6.26 Å². The summed E-state index contributed by atoms with van der Waals surface area (Å²) in [4.78, 5) is 11.1. The summed E-state index contributed by atoms with van der Waals surface area (Å²) in [5.74, 6) is -1.44. The van der Waals surface area contributed by atoms with Gasteiger partial charge in [0.2, 0.25) is 5.91 Å². The van der Waals surface area contributed by atoms with Gasteiger partial charge in [-0.25, -0.2) is 8.42 Å². The average molecular weight is 243 g/mol. The number of primary amides is 1. The summed E-state index contributed by atoms with van der Waals surface area (Å²) >= 11 is 0. The molecule has 0 radical (unpaired) electrons. The lowest BCUT2D eigenvalue weighted by Gasteiger charge is -2.10. The SMILES string of the molecule is CS(=O)(=O)c1ccc(C(CO)C(N)=O)cc1. The highest BCUT2D eigenvalue weighted by molar-refractivity contribution is 7.90. The molecule has 0 aromatic heterocycles. The number of hydrogen-bond donors (Lipinski definition) is 2. The van der Waals surface area contributed by atoms with Gasteiger partial charge in [-0.2, -0.15) is 0 Å². The van der Waals surface area contributed by atoms with Crippen LogP contribution in [0.25, 0.3) is 0 Å². The van der Waals surface area contributed by atoms with Crippen LogP contribution < -0.4 is 5.73 Å². The highest BCUT2D eigenvalue weighted by Crippen LogP contribution is 2.17.